The Hall–Kier alpha value is -6.92. The van der Waals surface area contributed by atoms with Crippen LogP contribution in [-0.4, -0.2) is 35.2 Å². The minimum Gasteiger partial charge on any atom is -0.468 e. The molecule has 0 amide bonds. The van der Waals surface area contributed by atoms with Crippen molar-refractivity contribution in [3.63, 3.8) is 0 Å². The van der Waals surface area contributed by atoms with Gasteiger partial charge in [-0.15, -0.1) is 0 Å². The van der Waals surface area contributed by atoms with E-state index in [1.807, 2.05) is 18.4 Å². The average molecular weight is 729 g/mol. The number of benzene rings is 4. The van der Waals surface area contributed by atoms with Crippen LogP contribution in [0.3, 0.4) is 0 Å². The molecule has 4 aliphatic heterocycles. The van der Waals surface area contributed by atoms with Crippen LogP contribution >= 0.6 is 0 Å². The molecule has 0 fully saturated rings. The first-order valence-electron chi connectivity index (χ1n) is 18.9. The largest absolute Gasteiger partial charge is 0.468 e. The number of nitrogens with zero attached hydrogens (tertiary/aromatic N) is 3. The van der Waals surface area contributed by atoms with Crippen LogP contribution in [-0.2, 0) is 9.53 Å². The first-order valence-corrected chi connectivity index (χ1v) is 18.9. The molecule has 8 bridgehead atoms. The van der Waals surface area contributed by atoms with Crippen LogP contribution in [0.25, 0.3) is 22.3 Å². The summed E-state index contributed by atoms with van der Waals surface area (Å²) >= 11 is 0. The number of hydrogen-bond acceptors (Lipinski definition) is 5. The Morgan fingerprint density at radius 1 is 0.518 bits per heavy atom. The van der Waals surface area contributed by atoms with Gasteiger partial charge in [0.05, 0.1) is 35.6 Å². The van der Waals surface area contributed by atoms with Crippen molar-refractivity contribution in [2.75, 3.05) is 7.11 Å². The molecule has 1 atom stereocenters. The summed E-state index contributed by atoms with van der Waals surface area (Å²) in [6.45, 7) is 8.32. The molecular weight excluding hydrogens is 689 g/mol. The van der Waals surface area contributed by atoms with E-state index in [1.54, 1.807) is 0 Å². The molecule has 6 nitrogen and oxygen atoms in total. The van der Waals surface area contributed by atoms with Crippen LogP contribution < -0.4 is 10.7 Å². The first kappa shape index (κ1) is 34.8. The van der Waals surface area contributed by atoms with Crippen molar-refractivity contribution in [2.24, 2.45) is 20.9 Å². The number of aryl methyl sites for hydroxylation is 4. The summed E-state index contributed by atoms with van der Waals surface area (Å²) in [7, 11) is 1.44. The maximum absolute atomic E-state index is 14.2. The number of H-pyrrole nitrogens is 1. The van der Waals surface area contributed by atoms with Crippen LogP contribution in [0.5, 0.6) is 0 Å². The molecule has 0 spiro atoms. The van der Waals surface area contributed by atoms with E-state index in [9.17, 15) is 4.79 Å². The Morgan fingerprint density at radius 2 is 0.911 bits per heavy atom. The van der Waals surface area contributed by atoms with Crippen molar-refractivity contribution in [1.29, 1.82) is 0 Å². The van der Waals surface area contributed by atoms with Gasteiger partial charge in [0.2, 0.25) is 0 Å². The fraction of sp³-hybridized carbons (Fsp3) is 0.120. The van der Waals surface area contributed by atoms with Gasteiger partial charge in [0.15, 0.2) is 0 Å². The third kappa shape index (κ3) is 6.19. The van der Waals surface area contributed by atoms with Gasteiger partial charge in [-0.05, 0) is 86.4 Å². The van der Waals surface area contributed by atoms with Gasteiger partial charge in [0.25, 0.3) is 0 Å². The van der Waals surface area contributed by atoms with Gasteiger partial charge in [-0.1, -0.05) is 119 Å². The van der Waals surface area contributed by atoms with Crippen molar-refractivity contribution in [1.82, 2.24) is 4.98 Å². The molecule has 0 aliphatic carbocycles. The van der Waals surface area contributed by atoms with E-state index in [0.29, 0.717) is 11.4 Å². The van der Waals surface area contributed by atoms with Crippen molar-refractivity contribution >= 4 is 45.4 Å². The minimum atomic E-state index is -0.842. The van der Waals surface area contributed by atoms with Gasteiger partial charge in [-0.2, -0.15) is 0 Å². The fourth-order valence-corrected chi connectivity index (χ4v) is 7.83. The van der Waals surface area contributed by atoms with E-state index in [0.717, 1.165) is 89.1 Å². The number of allylic oxidation sites excluding steroid dienone is 6. The quantitative estimate of drug-likeness (QED) is 0.184. The molecule has 1 N–H and O–H groups in total. The van der Waals surface area contributed by atoms with Crippen molar-refractivity contribution < 1.29 is 9.53 Å². The topological polar surface area (TPSA) is 79.2 Å². The molecule has 4 aromatic carbocycles. The highest BCUT2D eigenvalue weighted by Crippen LogP contribution is 2.43. The molecule has 0 saturated carbocycles. The molecule has 272 valence electrons. The third-order valence-electron chi connectivity index (χ3n) is 10.8. The molecule has 5 heterocycles. The second kappa shape index (κ2) is 14.1. The summed E-state index contributed by atoms with van der Waals surface area (Å²) < 4.78 is 5.60. The Bertz CT molecular complexity index is 2650. The highest BCUT2D eigenvalue weighted by Gasteiger charge is 2.39. The highest BCUT2D eigenvalue weighted by atomic mass is 16.5. The zero-order valence-corrected chi connectivity index (χ0v) is 32.0. The highest BCUT2D eigenvalue weighted by molar-refractivity contribution is 6.36. The summed E-state index contributed by atoms with van der Waals surface area (Å²) in [5.74, 6) is -1.25. The van der Waals surface area contributed by atoms with Crippen molar-refractivity contribution in [3.05, 3.63) is 212 Å². The number of hydrogen-bond donors (Lipinski definition) is 1. The summed E-state index contributed by atoms with van der Waals surface area (Å²) in [6.07, 6.45) is 10.0. The standard InChI is InChI=1S/C50H40N4O2/c1-29-6-14-33(15-7-29)44-37-28-51-49(48(37)50(55)56-5)47(36-20-12-32(4)13-21-36)43-27-26-42(54-43)46(35-18-10-31(3)11-19-35)41-25-24-40(53-41)45(39-23-22-38(44)52-39)34-16-8-30(2)9-17-34/h6-28,48,53H,1-5H3. The van der Waals surface area contributed by atoms with Crippen LogP contribution in [0.4, 0.5) is 0 Å². The van der Waals surface area contributed by atoms with Gasteiger partial charge in [-0.3, -0.25) is 9.79 Å². The summed E-state index contributed by atoms with van der Waals surface area (Å²) in [5.41, 5.74) is 16.4. The van der Waals surface area contributed by atoms with E-state index in [2.05, 4.69) is 154 Å². The Labute approximate surface area is 326 Å². The molecule has 0 saturated heterocycles. The van der Waals surface area contributed by atoms with E-state index >= 15 is 0 Å². The Morgan fingerprint density at radius 3 is 1.34 bits per heavy atom. The number of aromatic nitrogens is 1. The monoisotopic (exact) mass is 728 g/mol. The molecule has 1 unspecified atom stereocenters. The minimum absolute atomic E-state index is 0.405. The molecule has 5 aromatic rings. The van der Waals surface area contributed by atoms with Crippen molar-refractivity contribution in [2.45, 2.75) is 27.7 Å². The Kier molecular flexibility index (Phi) is 8.74. The van der Waals surface area contributed by atoms with E-state index in [4.69, 9.17) is 19.7 Å². The number of ether oxygens (including phenoxy) is 1. The molecule has 4 aliphatic rings. The number of carbonyl (C=O) groups is 1. The second-order valence-electron chi connectivity index (χ2n) is 14.7. The van der Waals surface area contributed by atoms with Crippen LogP contribution in [0, 0.1) is 33.6 Å². The predicted octanol–water partition coefficient (Wildman–Crippen LogP) is 8.63. The number of aromatic amines is 1. The normalized spacial score (nSPS) is 17.3. The number of methoxy groups -OCH3 is 1. The lowest BCUT2D eigenvalue weighted by Crippen LogP contribution is -2.27. The SMILES string of the molecule is COC(=O)C1C2=CN=C1C(c1ccc(C)cc1)=C1C=CC(=N1)C(c1ccc(C)cc1)=c1ccc([nH]1)=C(c1ccc(C)cc1)C1=NC(=C2c2ccc(C)cc2)C=C1. The number of fused-ring (bicyclic) bond motifs is 6. The van der Waals surface area contributed by atoms with Crippen LogP contribution in [0.2, 0.25) is 0 Å². The smallest absolute Gasteiger partial charge is 0.319 e. The zero-order valence-electron chi connectivity index (χ0n) is 32.0. The summed E-state index contributed by atoms with van der Waals surface area (Å²) in [6, 6.07) is 38.0. The van der Waals surface area contributed by atoms with Gasteiger partial charge < -0.3 is 9.72 Å². The van der Waals surface area contributed by atoms with E-state index in [1.165, 1.54) is 18.2 Å². The average Bonchev–Trinajstić information content (AvgIpc) is 4.05. The number of nitrogens with one attached hydrogen (secondary N) is 1. The number of rotatable bonds is 5. The second-order valence-corrected chi connectivity index (χ2v) is 14.7. The fourth-order valence-electron chi connectivity index (χ4n) is 7.83. The third-order valence-corrected chi connectivity index (χ3v) is 10.8. The molecule has 56 heavy (non-hydrogen) atoms. The van der Waals surface area contributed by atoms with Crippen LogP contribution in [0.15, 0.2) is 172 Å². The van der Waals surface area contributed by atoms with Gasteiger partial charge in [0.1, 0.15) is 5.92 Å². The van der Waals surface area contributed by atoms with E-state index in [-0.39, 0.29) is 0 Å². The van der Waals surface area contributed by atoms with Gasteiger partial charge >= 0.3 is 5.97 Å². The molecule has 9 rings (SSSR count). The first-order chi connectivity index (χ1) is 27.2. The summed E-state index contributed by atoms with van der Waals surface area (Å²) in [5, 5.41) is 1.86. The molecule has 1 aromatic heterocycles. The predicted molar refractivity (Wildman–Crippen MR) is 228 cm³/mol. The maximum Gasteiger partial charge on any atom is 0.319 e. The number of esters is 1. The van der Waals surface area contributed by atoms with Crippen LogP contribution in [0.1, 0.15) is 44.5 Å². The molecule has 0 radical (unpaired) electrons. The van der Waals surface area contributed by atoms with E-state index < -0.39 is 11.9 Å². The number of carbonyl (C=O) groups excluding carboxylic acids is 1. The van der Waals surface area contributed by atoms with Gasteiger partial charge in [-0.25, -0.2) is 9.98 Å². The zero-order chi connectivity index (χ0) is 38.5. The molecular formula is C50H40N4O2. The number of aliphatic imine (C=N–C) groups is 3. The Balaban J connectivity index is 1.42. The van der Waals surface area contributed by atoms with Crippen molar-refractivity contribution in [3.8, 4) is 0 Å². The maximum atomic E-state index is 14.2. The lowest BCUT2D eigenvalue weighted by molar-refractivity contribution is -0.141. The van der Waals surface area contributed by atoms with Gasteiger partial charge in [0, 0.05) is 44.8 Å². The summed E-state index contributed by atoms with van der Waals surface area (Å²) in [4.78, 5) is 33.9. The lowest BCUT2D eigenvalue weighted by atomic mass is 9.82. The lowest BCUT2D eigenvalue weighted by Gasteiger charge is -2.21. The molecule has 6 heteroatoms.